The summed E-state index contributed by atoms with van der Waals surface area (Å²) in [4.78, 5) is 25.5. The molecule has 0 aliphatic carbocycles. The molecular formula is C13H20N6O2. The number of hydrogen-bond donors (Lipinski definition) is 2. The third-order valence-corrected chi connectivity index (χ3v) is 4.16. The Kier molecular flexibility index (Phi) is 3.87. The van der Waals surface area contributed by atoms with Crippen molar-refractivity contribution in [2.75, 3.05) is 26.7 Å². The van der Waals surface area contributed by atoms with Crippen LogP contribution in [0.1, 0.15) is 35.8 Å². The second-order valence-corrected chi connectivity index (χ2v) is 5.64. The van der Waals surface area contributed by atoms with Gasteiger partial charge >= 0.3 is 0 Å². The van der Waals surface area contributed by atoms with Crippen molar-refractivity contribution in [1.29, 1.82) is 0 Å². The first kappa shape index (κ1) is 14.0. The summed E-state index contributed by atoms with van der Waals surface area (Å²) < 4.78 is 1.76. The summed E-state index contributed by atoms with van der Waals surface area (Å²) in [7, 11) is 1.74. The van der Waals surface area contributed by atoms with Crippen LogP contribution in [0.4, 0.5) is 0 Å². The molecule has 3 heterocycles. The standard InChI is InChI=1S/C13H20N6O2/c1-18-7-4-10(13(18)21)15-12(20)11-8-19(17-16-11)9-2-5-14-6-3-9/h8-10,14H,2-7H2,1H3,(H,15,20). The molecule has 1 aromatic rings. The van der Waals surface area contributed by atoms with Gasteiger partial charge in [0.1, 0.15) is 6.04 Å². The zero-order valence-corrected chi connectivity index (χ0v) is 12.1. The van der Waals surface area contributed by atoms with E-state index < -0.39 is 6.04 Å². The van der Waals surface area contributed by atoms with E-state index in [2.05, 4.69) is 20.9 Å². The van der Waals surface area contributed by atoms with Crippen LogP contribution in [-0.2, 0) is 4.79 Å². The van der Waals surface area contributed by atoms with Gasteiger partial charge in [-0.25, -0.2) is 4.68 Å². The van der Waals surface area contributed by atoms with Gasteiger partial charge in [0.05, 0.1) is 12.2 Å². The Hall–Kier alpha value is -1.96. The summed E-state index contributed by atoms with van der Waals surface area (Å²) in [5, 5.41) is 14.0. The lowest BCUT2D eigenvalue weighted by Crippen LogP contribution is -2.40. The van der Waals surface area contributed by atoms with E-state index in [-0.39, 0.29) is 17.5 Å². The van der Waals surface area contributed by atoms with Crippen molar-refractivity contribution in [2.24, 2.45) is 0 Å². The van der Waals surface area contributed by atoms with Crippen molar-refractivity contribution in [2.45, 2.75) is 31.3 Å². The molecule has 0 aromatic carbocycles. The van der Waals surface area contributed by atoms with Crippen LogP contribution in [0.2, 0.25) is 0 Å². The number of carbonyl (C=O) groups excluding carboxylic acids is 2. The predicted octanol–water partition coefficient (Wildman–Crippen LogP) is -0.837. The van der Waals surface area contributed by atoms with Gasteiger partial charge in [-0.05, 0) is 32.4 Å². The molecule has 2 saturated heterocycles. The molecule has 2 aliphatic heterocycles. The highest BCUT2D eigenvalue weighted by Crippen LogP contribution is 2.17. The highest BCUT2D eigenvalue weighted by atomic mass is 16.2. The molecule has 1 aromatic heterocycles. The van der Waals surface area contributed by atoms with Crippen LogP contribution in [-0.4, -0.2) is 64.4 Å². The van der Waals surface area contributed by atoms with Crippen LogP contribution >= 0.6 is 0 Å². The molecule has 8 nitrogen and oxygen atoms in total. The summed E-state index contributed by atoms with van der Waals surface area (Å²) in [6.45, 7) is 2.58. The van der Waals surface area contributed by atoms with Gasteiger partial charge in [-0.15, -0.1) is 5.10 Å². The SMILES string of the molecule is CN1CCC(NC(=O)c2cn(C3CCNCC3)nn2)C1=O. The second-order valence-electron chi connectivity index (χ2n) is 5.64. The fourth-order valence-electron chi connectivity index (χ4n) is 2.82. The molecule has 2 fully saturated rings. The largest absolute Gasteiger partial charge is 0.344 e. The van der Waals surface area contributed by atoms with E-state index >= 15 is 0 Å². The van der Waals surface area contributed by atoms with Gasteiger partial charge in [-0.2, -0.15) is 0 Å². The molecule has 0 bridgehead atoms. The lowest BCUT2D eigenvalue weighted by Gasteiger charge is -2.22. The highest BCUT2D eigenvalue weighted by Gasteiger charge is 2.31. The Balaban J connectivity index is 1.63. The van der Waals surface area contributed by atoms with Gasteiger partial charge < -0.3 is 15.5 Å². The minimum absolute atomic E-state index is 0.0471. The zero-order valence-electron chi connectivity index (χ0n) is 12.1. The highest BCUT2D eigenvalue weighted by molar-refractivity contribution is 5.96. The van der Waals surface area contributed by atoms with E-state index in [0.29, 0.717) is 19.0 Å². The van der Waals surface area contributed by atoms with Gasteiger partial charge in [0.2, 0.25) is 5.91 Å². The first-order valence-electron chi connectivity index (χ1n) is 7.33. The topological polar surface area (TPSA) is 92.2 Å². The summed E-state index contributed by atoms with van der Waals surface area (Å²) in [6.07, 6.45) is 4.28. The molecule has 3 rings (SSSR count). The van der Waals surface area contributed by atoms with Gasteiger partial charge in [0.15, 0.2) is 5.69 Å². The molecule has 2 N–H and O–H groups in total. The predicted molar refractivity (Wildman–Crippen MR) is 74.7 cm³/mol. The number of likely N-dealkylation sites (N-methyl/N-ethyl adjacent to an activating group) is 1. The van der Waals surface area contributed by atoms with Gasteiger partial charge in [-0.1, -0.05) is 5.21 Å². The Morgan fingerprint density at radius 3 is 2.81 bits per heavy atom. The lowest BCUT2D eigenvalue weighted by molar-refractivity contribution is -0.128. The maximum absolute atomic E-state index is 12.1. The first-order chi connectivity index (χ1) is 10.1. The molecule has 0 spiro atoms. The molecule has 1 atom stereocenters. The quantitative estimate of drug-likeness (QED) is 0.758. The average Bonchev–Trinajstić information content (AvgIpc) is 3.11. The number of amides is 2. The number of nitrogens with zero attached hydrogens (tertiary/aromatic N) is 4. The van der Waals surface area contributed by atoms with Crippen LogP contribution in [0, 0.1) is 0 Å². The smallest absolute Gasteiger partial charge is 0.274 e. The van der Waals surface area contributed by atoms with E-state index in [1.54, 1.807) is 22.8 Å². The Labute approximate surface area is 122 Å². The molecule has 1 unspecified atom stereocenters. The molecule has 0 saturated carbocycles. The molecule has 114 valence electrons. The molecule has 0 radical (unpaired) electrons. The summed E-state index contributed by atoms with van der Waals surface area (Å²) >= 11 is 0. The molecule has 2 amide bonds. The van der Waals surface area contributed by atoms with Gasteiger partial charge in [0.25, 0.3) is 5.91 Å². The number of rotatable bonds is 3. The van der Waals surface area contributed by atoms with E-state index in [9.17, 15) is 9.59 Å². The Bertz CT molecular complexity index is 537. The third-order valence-electron chi connectivity index (χ3n) is 4.16. The van der Waals surface area contributed by atoms with Crippen LogP contribution < -0.4 is 10.6 Å². The number of carbonyl (C=O) groups is 2. The third kappa shape index (κ3) is 2.90. The van der Waals surface area contributed by atoms with Crippen LogP contribution in [0.3, 0.4) is 0 Å². The van der Waals surface area contributed by atoms with Crippen molar-refractivity contribution in [3.8, 4) is 0 Å². The number of likely N-dealkylation sites (tertiary alicyclic amines) is 1. The van der Waals surface area contributed by atoms with Crippen molar-refractivity contribution < 1.29 is 9.59 Å². The second kappa shape index (κ2) is 5.80. The van der Waals surface area contributed by atoms with Crippen LogP contribution in [0.5, 0.6) is 0 Å². The Morgan fingerprint density at radius 1 is 1.38 bits per heavy atom. The van der Waals surface area contributed by atoms with E-state index in [0.717, 1.165) is 25.9 Å². The number of nitrogens with one attached hydrogen (secondary N) is 2. The van der Waals surface area contributed by atoms with E-state index in [4.69, 9.17) is 0 Å². The van der Waals surface area contributed by atoms with Crippen molar-refractivity contribution >= 4 is 11.8 Å². The normalized spacial score (nSPS) is 23.6. The number of piperidine rings is 1. The maximum Gasteiger partial charge on any atom is 0.274 e. The lowest BCUT2D eigenvalue weighted by atomic mass is 10.1. The van der Waals surface area contributed by atoms with Crippen molar-refractivity contribution in [3.05, 3.63) is 11.9 Å². The monoisotopic (exact) mass is 292 g/mol. The summed E-state index contributed by atoms with van der Waals surface area (Å²) in [5.41, 5.74) is 0.274. The average molecular weight is 292 g/mol. The maximum atomic E-state index is 12.1. The fraction of sp³-hybridized carbons (Fsp3) is 0.692. The van der Waals surface area contributed by atoms with Crippen LogP contribution in [0.25, 0.3) is 0 Å². The van der Waals surface area contributed by atoms with Crippen LogP contribution in [0.15, 0.2) is 6.20 Å². The zero-order chi connectivity index (χ0) is 14.8. The molecule has 8 heteroatoms. The van der Waals surface area contributed by atoms with E-state index in [1.807, 2.05) is 0 Å². The molecule has 21 heavy (non-hydrogen) atoms. The summed E-state index contributed by atoms with van der Waals surface area (Å²) in [5.74, 6) is -0.377. The minimum Gasteiger partial charge on any atom is -0.344 e. The number of aromatic nitrogens is 3. The fourth-order valence-corrected chi connectivity index (χ4v) is 2.82. The van der Waals surface area contributed by atoms with Crippen molar-refractivity contribution in [1.82, 2.24) is 30.5 Å². The Morgan fingerprint density at radius 2 is 2.14 bits per heavy atom. The van der Waals surface area contributed by atoms with Crippen molar-refractivity contribution in [3.63, 3.8) is 0 Å². The number of hydrogen-bond acceptors (Lipinski definition) is 5. The van der Waals surface area contributed by atoms with Gasteiger partial charge in [-0.3, -0.25) is 9.59 Å². The van der Waals surface area contributed by atoms with E-state index in [1.165, 1.54) is 0 Å². The molecule has 2 aliphatic rings. The summed E-state index contributed by atoms with van der Waals surface area (Å²) in [6, 6.07) is -0.147. The molecular weight excluding hydrogens is 272 g/mol. The minimum atomic E-state index is -0.438. The van der Waals surface area contributed by atoms with Gasteiger partial charge in [0, 0.05) is 13.6 Å². The first-order valence-corrected chi connectivity index (χ1v) is 7.33.